The quantitative estimate of drug-likeness (QED) is 0.691. The molecule has 0 atom stereocenters. The second-order valence-corrected chi connectivity index (χ2v) is 3.62. The van der Waals surface area contributed by atoms with Gasteiger partial charge in [0.15, 0.2) is 6.29 Å². The molecule has 0 aliphatic rings. The smallest absolute Gasteiger partial charge is 0.153 e. The van der Waals surface area contributed by atoms with Crippen molar-refractivity contribution in [1.82, 2.24) is 9.78 Å². The standard InChI is InChI=1S/C11H18N2O/c1-5-10(6-2)13-9(4)11(7-14)8(3)12-13/h7,10H,5-6H2,1-4H3. The van der Waals surface area contributed by atoms with Gasteiger partial charge in [-0.1, -0.05) is 13.8 Å². The fourth-order valence-corrected chi connectivity index (χ4v) is 1.84. The third-order valence-corrected chi connectivity index (χ3v) is 2.79. The summed E-state index contributed by atoms with van der Waals surface area (Å²) in [6.07, 6.45) is 3.00. The molecule has 1 aromatic heterocycles. The van der Waals surface area contributed by atoms with Gasteiger partial charge in [-0.25, -0.2) is 0 Å². The monoisotopic (exact) mass is 194 g/mol. The van der Waals surface area contributed by atoms with Crippen LogP contribution in [0.15, 0.2) is 0 Å². The van der Waals surface area contributed by atoms with Crippen molar-refractivity contribution in [2.24, 2.45) is 0 Å². The van der Waals surface area contributed by atoms with E-state index in [2.05, 4.69) is 18.9 Å². The van der Waals surface area contributed by atoms with Crippen LogP contribution in [0.4, 0.5) is 0 Å². The molecule has 14 heavy (non-hydrogen) atoms. The van der Waals surface area contributed by atoms with Crippen LogP contribution in [0.5, 0.6) is 0 Å². The van der Waals surface area contributed by atoms with Crippen molar-refractivity contribution in [3.8, 4) is 0 Å². The van der Waals surface area contributed by atoms with Crippen LogP contribution in [0.1, 0.15) is 54.5 Å². The molecule has 1 rings (SSSR count). The summed E-state index contributed by atoms with van der Waals surface area (Å²) in [5.74, 6) is 0. The predicted octanol–water partition coefficient (Wildman–Crippen LogP) is 2.67. The van der Waals surface area contributed by atoms with E-state index in [9.17, 15) is 4.79 Å². The average Bonchev–Trinajstić information content (AvgIpc) is 2.45. The zero-order chi connectivity index (χ0) is 10.7. The molecule has 3 nitrogen and oxygen atoms in total. The van der Waals surface area contributed by atoms with Crippen LogP contribution in [0, 0.1) is 13.8 Å². The number of aromatic nitrogens is 2. The number of aryl methyl sites for hydroxylation is 1. The highest BCUT2D eigenvalue weighted by Crippen LogP contribution is 2.20. The van der Waals surface area contributed by atoms with Gasteiger partial charge in [-0.15, -0.1) is 0 Å². The maximum Gasteiger partial charge on any atom is 0.153 e. The lowest BCUT2D eigenvalue weighted by Crippen LogP contribution is -2.10. The Labute approximate surface area is 85.1 Å². The first-order chi connectivity index (χ1) is 6.65. The van der Waals surface area contributed by atoms with Crippen molar-refractivity contribution < 1.29 is 4.79 Å². The van der Waals surface area contributed by atoms with Gasteiger partial charge in [0.2, 0.25) is 0 Å². The van der Waals surface area contributed by atoms with Crippen LogP contribution in [-0.4, -0.2) is 16.1 Å². The number of hydrogen-bond donors (Lipinski definition) is 0. The molecule has 0 aliphatic carbocycles. The second kappa shape index (κ2) is 4.40. The van der Waals surface area contributed by atoms with Crippen molar-refractivity contribution >= 4 is 6.29 Å². The lowest BCUT2D eigenvalue weighted by Gasteiger charge is -2.14. The number of carbonyl (C=O) groups is 1. The van der Waals surface area contributed by atoms with Gasteiger partial charge in [-0.05, 0) is 26.7 Å². The molecule has 78 valence electrons. The Kier molecular flexibility index (Phi) is 3.44. The van der Waals surface area contributed by atoms with E-state index < -0.39 is 0 Å². The minimum absolute atomic E-state index is 0.419. The molecule has 0 spiro atoms. The van der Waals surface area contributed by atoms with E-state index >= 15 is 0 Å². The normalized spacial score (nSPS) is 10.9. The van der Waals surface area contributed by atoms with Crippen molar-refractivity contribution in [3.63, 3.8) is 0 Å². The summed E-state index contributed by atoms with van der Waals surface area (Å²) < 4.78 is 1.99. The highest BCUT2D eigenvalue weighted by Gasteiger charge is 2.15. The van der Waals surface area contributed by atoms with Gasteiger partial charge in [-0.3, -0.25) is 9.48 Å². The molecular weight excluding hydrogens is 176 g/mol. The SMILES string of the molecule is CCC(CC)n1nc(C)c(C=O)c1C. The van der Waals surface area contributed by atoms with Gasteiger partial charge in [-0.2, -0.15) is 5.10 Å². The zero-order valence-corrected chi connectivity index (χ0v) is 9.37. The highest BCUT2D eigenvalue weighted by molar-refractivity contribution is 5.78. The minimum Gasteiger partial charge on any atom is -0.298 e. The van der Waals surface area contributed by atoms with Crippen LogP contribution in [0.25, 0.3) is 0 Å². The molecule has 0 fully saturated rings. The van der Waals surface area contributed by atoms with Gasteiger partial charge in [0, 0.05) is 5.69 Å². The molecule has 0 saturated carbocycles. The highest BCUT2D eigenvalue weighted by atomic mass is 16.1. The Hall–Kier alpha value is -1.12. The van der Waals surface area contributed by atoms with E-state index in [0.29, 0.717) is 6.04 Å². The first-order valence-electron chi connectivity index (χ1n) is 5.16. The molecule has 0 amide bonds. The summed E-state index contributed by atoms with van der Waals surface area (Å²) in [4.78, 5) is 10.8. The van der Waals surface area contributed by atoms with Crippen LogP contribution in [-0.2, 0) is 0 Å². The van der Waals surface area contributed by atoms with Crippen LogP contribution < -0.4 is 0 Å². The van der Waals surface area contributed by atoms with E-state index in [1.165, 1.54) is 0 Å². The predicted molar refractivity (Wildman–Crippen MR) is 56.7 cm³/mol. The van der Waals surface area contributed by atoms with Gasteiger partial charge in [0.25, 0.3) is 0 Å². The number of carbonyl (C=O) groups excluding carboxylic acids is 1. The van der Waals surface area contributed by atoms with Gasteiger partial charge in [0.1, 0.15) is 0 Å². The van der Waals surface area contributed by atoms with E-state index in [1.54, 1.807) is 0 Å². The average molecular weight is 194 g/mol. The summed E-state index contributed by atoms with van der Waals surface area (Å²) in [6, 6.07) is 0.419. The second-order valence-electron chi connectivity index (χ2n) is 3.62. The summed E-state index contributed by atoms with van der Waals surface area (Å²) in [6.45, 7) is 8.13. The number of aldehydes is 1. The number of rotatable bonds is 4. The molecule has 0 bridgehead atoms. The van der Waals surface area contributed by atoms with E-state index in [1.807, 2.05) is 18.5 Å². The largest absolute Gasteiger partial charge is 0.298 e. The molecule has 1 heterocycles. The van der Waals surface area contributed by atoms with Gasteiger partial charge >= 0.3 is 0 Å². The maximum absolute atomic E-state index is 10.8. The van der Waals surface area contributed by atoms with E-state index in [-0.39, 0.29) is 0 Å². The van der Waals surface area contributed by atoms with Crippen LogP contribution in [0.2, 0.25) is 0 Å². The van der Waals surface area contributed by atoms with Crippen molar-refractivity contribution in [2.75, 3.05) is 0 Å². The molecule has 0 unspecified atom stereocenters. The third-order valence-electron chi connectivity index (χ3n) is 2.79. The van der Waals surface area contributed by atoms with Gasteiger partial charge in [0.05, 0.1) is 17.3 Å². The Balaban J connectivity index is 3.15. The lowest BCUT2D eigenvalue weighted by atomic mass is 10.1. The lowest BCUT2D eigenvalue weighted by molar-refractivity contribution is 0.112. The molecule has 1 aromatic rings. The fourth-order valence-electron chi connectivity index (χ4n) is 1.84. The van der Waals surface area contributed by atoms with E-state index in [0.717, 1.165) is 36.1 Å². The first kappa shape index (κ1) is 11.0. The Morgan fingerprint density at radius 3 is 2.29 bits per heavy atom. The summed E-state index contributed by atoms with van der Waals surface area (Å²) in [5, 5.41) is 4.41. The van der Waals surface area contributed by atoms with Gasteiger partial charge < -0.3 is 0 Å². The number of nitrogens with zero attached hydrogens (tertiary/aromatic N) is 2. The van der Waals surface area contributed by atoms with E-state index in [4.69, 9.17) is 0 Å². The minimum atomic E-state index is 0.419. The first-order valence-corrected chi connectivity index (χ1v) is 5.16. The Morgan fingerprint density at radius 2 is 1.93 bits per heavy atom. The van der Waals surface area contributed by atoms with Crippen LogP contribution in [0.3, 0.4) is 0 Å². The van der Waals surface area contributed by atoms with Crippen molar-refractivity contribution in [2.45, 2.75) is 46.6 Å². The molecular formula is C11H18N2O. The molecule has 0 radical (unpaired) electrons. The molecule has 0 aromatic carbocycles. The summed E-state index contributed by atoms with van der Waals surface area (Å²) in [5.41, 5.74) is 2.58. The summed E-state index contributed by atoms with van der Waals surface area (Å²) >= 11 is 0. The van der Waals surface area contributed by atoms with Crippen LogP contribution >= 0.6 is 0 Å². The zero-order valence-electron chi connectivity index (χ0n) is 9.37. The van der Waals surface area contributed by atoms with Crippen molar-refractivity contribution in [3.05, 3.63) is 17.0 Å². The molecule has 0 saturated heterocycles. The molecule has 3 heteroatoms. The number of hydrogen-bond acceptors (Lipinski definition) is 2. The molecule has 0 aliphatic heterocycles. The summed E-state index contributed by atoms with van der Waals surface area (Å²) in [7, 11) is 0. The third kappa shape index (κ3) is 1.72. The Morgan fingerprint density at radius 1 is 1.36 bits per heavy atom. The Bertz CT molecular complexity index is 324. The van der Waals surface area contributed by atoms with Crippen molar-refractivity contribution in [1.29, 1.82) is 0 Å². The molecule has 0 N–H and O–H groups in total. The topological polar surface area (TPSA) is 34.9 Å². The fraction of sp³-hybridized carbons (Fsp3) is 0.636. The maximum atomic E-state index is 10.8.